The van der Waals surface area contributed by atoms with Crippen LogP contribution in [0.25, 0.3) is 10.9 Å². The number of hydrogen-bond acceptors (Lipinski definition) is 5. The average Bonchev–Trinajstić information content (AvgIpc) is 3.25. The molecule has 162 valence electrons. The summed E-state index contributed by atoms with van der Waals surface area (Å²) in [6.45, 7) is 5.37. The van der Waals surface area contributed by atoms with E-state index in [1.165, 1.54) is 6.34 Å². The molecule has 7 nitrogen and oxygen atoms in total. The first-order chi connectivity index (χ1) is 14.9. The largest absolute Gasteiger partial charge is 0.390 e. The fraction of sp³-hybridized carbons (Fsp3) is 0.348. The van der Waals surface area contributed by atoms with Gasteiger partial charge in [-0.25, -0.2) is 9.98 Å². The van der Waals surface area contributed by atoms with Gasteiger partial charge < -0.3 is 20.5 Å². The summed E-state index contributed by atoms with van der Waals surface area (Å²) in [6.07, 6.45) is 3.81. The van der Waals surface area contributed by atoms with Crippen molar-refractivity contribution in [1.82, 2.24) is 9.55 Å². The molecule has 2 aromatic heterocycles. The van der Waals surface area contributed by atoms with E-state index in [4.69, 9.17) is 17.3 Å². The van der Waals surface area contributed by atoms with Crippen molar-refractivity contribution in [3.05, 3.63) is 52.7 Å². The lowest BCUT2D eigenvalue weighted by atomic mass is 9.95. The third kappa shape index (κ3) is 4.21. The van der Waals surface area contributed by atoms with E-state index >= 15 is 0 Å². The number of aromatic nitrogens is 2. The molecular weight excluding hydrogens is 414 g/mol. The lowest BCUT2D eigenvalue weighted by molar-refractivity contribution is 0.00521. The molecule has 4 rings (SSSR count). The first-order valence-corrected chi connectivity index (χ1v) is 10.6. The van der Waals surface area contributed by atoms with Crippen LogP contribution < -0.4 is 5.73 Å². The van der Waals surface area contributed by atoms with Crippen LogP contribution in [0.4, 0.5) is 11.6 Å². The Hall–Kier alpha value is -2.74. The molecule has 4 N–H and O–H groups in total. The number of nitrogens with zero attached hydrogens (tertiary/aromatic N) is 4. The Morgan fingerprint density at radius 1 is 1.29 bits per heavy atom. The lowest BCUT2D eigenvalue weighted by Gasteiger charge is -2.20. The van der Waals surface area contributed by atoms with Crippen LogP contribution in [0, 0.1) is 12.8 Å². The number of pyridine rings is 1. The van der Waals surface area contributed by atoms with Gasteiger partial charge in [0.1, 0.15) is 24.1 Å². The second-order valence-electron chi connectivity index (χ2n) is 8.12. The van der Waals surface area contributed by atoms with Crippen LogP contribution in [0.2, 0.25) is 5.02 Å². The van der Waals surface area contributed by atoms with Crippen LogP contribution in [-0.4, -0.2) is 45.0 Å². The van der Waals surface area contributed by atoms with Gasteiger partial charge in [-0.1, -0.05) is 23.7 Å². The van der Waals surface area contributed by atoms with E-state index in [2.05, 4.69) is 21.7 Å². The zero-order chi connectivity index (χ0) is 22.1. The highest BCUT2D eigenvalue weighted by atomic mass is 35.5. The maximum atomic E-state index is 10.7. The van der Waals surface area contributed by atoms with Crippen molar-refractivity contribution in [2.75, 3.05) is 5.73 Å². The molecule has 0 amide bonds. The molecule has 0 spiro atoms. The van der Waals surface area contributed by atoms with Gasteiger partial charge in [0.15, 0.2) is 0 Å². The van der Waals surface area contributed by atoms with Crippen molar-refractivity contribution < 1.29 is 10.2 Å². The summed E-state index contributed by atoms with van der Waals surface area (Å²) in [5, 5.41) is 22.8. The molecule has 0 saturated heterocycles. The maximum absolute atomic E-state index is 10.7. The standard InChI is InChI=1S/C23H26ClN5O2/c1-13-7-8-29(23(13)27-12-26-2)19-11-16(20(30)21(19)31)6-4-14-3-5-15-10-17(24)22(25)28-18(15)9-14/h3,5,7-10,12,16,19-21,30-31H,2,4,6,11H2,1H3,(H2,25,28)/b27-12-/t16-,19+,20+,21-/m0/s1. The summed E-state index contributed by atoms with van der Waals surface area (Å²) in [5.74, 6) is 1.01. The molecule has 8 heteroatoms. The number of anilines is 1. The molecule has 2 heterocycles. The van der Waals surface area contributed by atoms with Crippen molar-refractivity contribution in [1.29, 1.82) is 0 Å². The van der Waals surface area contributed by atoms with Gasteiger partial charge in [0, 0.05) is 11.6 Å². The van der Waals surface area contributed by atoms with Gasteiger partial charge in [-0.2, -0.15) is 0 Å². The number of aliphatic imine (C=N–C) groups is 2. The number of benzene rings is 1. The molecule has 31 heavy (non-hydrogen) atoms. The zero-order valence-electron chi connectivity index (χ0n) is 17.3. The van der Waals surface area contributed by atoms with Crippen LogP contribution in [0.3, 0.4) is 0 Å². The molecule has 4 atom stereocenters. The molecule has 1 aromatic carbocycles. The average molecular weight is 440 g/mol. The third-order valence-electron chi connectivity index (χ3n) is 6.14. The van der Waals surface area contributed by atoms with E-state index in [0.717, 1.165) is 40.7 Å². The quantitative estimate of drug-likeness (QED) is 0.400. The van der Waals surface area contributed by atoms with E-state index < -0.39 is 12.2 Å². The molecule has 1 fully saturated rings. The highest BCUT2D eigenvalue weighted by Gasteiger charge is 2.42. The minimum Gasteiger partial charge on any atom is -0.390 e. The Kier molecular flexibility index (Phi) is 6.09. The molecule has 0 bridgehead atoms. The van der Waals surface area contributed by atoms with E-state index in [1.54, 1.807) is 0 Å². The van der Waals surface area contributed by atoms with Crippen molar-refractivity contribution in [3.63, 3.8) is 0 Å². The second kappa shape index (κ2) is 8.78. The van der Waals surface area contributed by atoms with Gasteiger partial charge in [0.2, 0.25) is 0 Å². The van der Waals surface area contributed by atoms with Crippen LogP contribution in [0.15, 0.2) is 46.5 Å². The van der Waals surface area contributed by atoms with Crippen LogP contribution in [-0.2, 0) is 6.42 Å². The first kappa shape index (κ1) is 21.5. The smallest absolute Gasteiger partial charge is 0.142 e. The number of hydrogen-bond donors (Lipinski definition) is 3. The molecule has 1 aliphatic rings. The van der Waals surface area contributed by atoms with Crippen molar-refractivity contribution in [2.45, 2.75) is 44.4 Å². The number of halogens is 1. The fourth-order valence-electron chi connectivity index (χ4n) is 4.44. The van der Waals surface area contributed by atoms with Crippen molar-refractivity contribution >= 4 is 47.2 Å². The normalized spacial score (nSPS) is 23.7. The fourth-order valence-corrected chi connectivity index (χ4v) is 4.60. The number of aliphatic hydroxyl groups excluding tert-OH is 2. The van der Waals surface area contributed by atoms with Gasteiger partial charge >= 0.3 is 0 Å². The van der Waals surface area contributed by atoms with Crippen LogP contribution >= 0.6 is 11.6 Å². The van der Waals surface area contributed by atoms with E-state index in [9.17, 15) is 10.2 Å². The Balaban J connectivity index is 1.49. The van der Waals surface area contributed by atoms with E-state index in [1.807, 2.05) is 48.0 Å². The summed E-state index contributed by atoms with van der Waals surface area (Å²) < 4.78 is 1.93. The van der Waals surface area contributed by atoms with Crippen molar-refractivity contribution in [2.24, 2.45) is 15.9 Å². The van der Waals surface area contributed by atoms with E-state index in [-0.39, 0.29) is 12.0 Å². The summed E-state index contributed by atoms with van der Waals surface area (Å²) in [6, 6.07) is 9.53. The number of rotatable bonds is 6. The van der Waals surface area contributed by atoms with Gasteiger partial charge in [-0.05, 0) is 68.1 Å². The molecule has 1 aliphatic carbocycles. The minimum atomic E-state index is -0.859. The Labute approximate surface area is 185 Å². The Morgan fingerprint density at radius 3 is 2.87 bits per heavy atom. The number of fused-ring (bicyclic) bond motifs is 1. The molecule has 0 radical (unpaired) electrons. The molecule has 0 aliphatic heterocycles. The summed E-state index contributed by atoms with van der Waals surface area (Å²) in [4.78, 5) is 12.4. The summed E-state index contributed by atoms with van der Waals surface area (Å²) in [7, 11) is 0. The Bertz CT molecular complexity index is 1140. The maximum Gasteiger partial charge on any atom is 0.142 e. The van der Waals surface area contributed by atoms with Crippen LogP contribution in [0.1, 0.15) is 30.0 Å². The predicted molar refractivity (Wildman–Crippen MR) is 126 cm³/mol. The number of aryl methyl sites for hydroxylation is 2. The summed E-state index contributed by atoms with van der Waals surface area (Å²) in [5.41, 5.74) is 8.71. The van der Waals surface area contributed by atoms with E-state index in [0.29, 0.717) is 17.3 Å². The zero-order valence-corrected chi connectivity index (χ0v) is 18.1. The minimum absolute atomic E-state index is 0.0315. The highest BCUT2D eigenvalue weighted by molar-refractivity contribution is 6.33. The monoisotopic (exact) mass is 439 g/mol. The number of aliphatic hydroxyl groups is 2. The Morgan fingerprint density at radius 2 is 2.10 bits per heavy atom. The van der Waals surface area contributed by atoms with Crippen LogP contribution in [0.5, 0.6) is 0 Å². The number of nitrogens with two attached hydrogens (primary N) is 1. The summed E-state index contributed by atoms with van der Waals surface area (Å²) >= 11 is 6.05. The molecular formula is C23H26ClN5O2. The molecule has 0 unspecified atom stereocenters. The third-order valence-corrected chi connectivity index (χ3v) is 6.44. The van der Waals surface area contributed by atoms with Gasteiger partial charge in [-0.3, -0.25) is 4.99 Å². The molecule has 1 saturated carbocycles. The van der Waals surface area contributed by atoms with Crippen molar-refractivity contribution in [3.8, 4) is 0 Å². The van der Waals surface area contributed by atoms with Gasteiger partial charge in [0.25, 0.3) is 0 Å². The topological polar surface area (TPSA) is 109 Å². The van der Waals surface area contributed by atoms with Gasteiger partial charge in [-0.15, -0.1) is 0 Å². The predicted octanol–water partition coefficient (Wildman–Crippen LogP) is 3.86. The SMILES string of the molecule is C=N/C=N\c1c(C)ccn1[C@@H]1C[C@H](CCc2ccc3cc(Cl)c(N)nc3c2)[C@@H](O)[C@H]1O. The highest BCUT2D eigenvalue weighted by Crippen LogP contribution is 2.40. The number of nitrogen functional groups attached to an aromatic ring is 1. The van der Waals surface area contributed by atoms with Gasteiger partial charge in [0.05, 0.1) is 22.7 Å². The first-order valence-electron chi connectivity index (χ1n) is 10.3. The molecule has 3 aromatic rings. The lowest BCUT2D eigenvalue weighted by Crippen LogP contribution is -2.29. The second-order valence-corrected chi connectivity index (χ2v) is 8.53.